The Labute approximate surface area is 378 Å². The van der Waals surface area contributed by atoms with Crippen molar-refractivity contribution in [2.75, 3.05) is 39.6 Å². The molecule has 0 radical (unpaired) electrons. The Kier molecular flexibility index (Phi) is 19.4. The molecule has 67 heavy (non-hydrogen) atoms. The maximum Gasteiger partial charge on any atom is 0.186 e. The van der Waals surface area contributed by atoms with Crippen molar-refractivity contribution in [3.05, 3.63) is 0 Å². The van der Waals surface area contributed by atoms with E-state index >= 15 is 0 Å². The summed E-state index contributed by atoms with van der Waals surface area (Å²) < 4.78 is 59.7. The van der Waals surface area contributed by atoms with Crippen molar-refractivity contribution in [2.24, 2.45) is 0 Å². The second-order valence-electron chi connectivity index (χ2n) is 17.0. The van der Waals surface area contributed by atoms with E-state index in [1.165, 1.54) is 0 Å². The molecule has 0 bridgehead atoms. The smallest absolute Gasteiger partial charge is 0.186 e. The molecule has 0 unspecified atom stereocenters. The van der Waals surface area contributed by atoms with Gasteiger partial charge in [-0.05, 0) is 0 Å². The highest BCUT2D eigenvalue weighted by molar-refractivity contribution is 4.96. The second-order valence-corrected chi connectivity index (χ2v) is 17.0. The van der Waals surface area contributed by atoms with Crippen LogP contribution in [-0.2, 0) is 52.1 Å². The zero-order valence-electron chi connectivity index (χ0n) is 35.0. The maximum atomic E-state index is 10.7. The quantitative estimate of drug-likeness (QED) is 0.0683. The summed E-state index contributed by atoms with van der Waals surface area (Å²) in [5.74, 6) is 0. The lowest BCUT2D eigenvalue weighted by Gasteiger charge is -2.44. The molecule has 31 heteroatoms. The molecule has 392 valence electrons. The molecule has 0 aromatic rings. The van der Waals surface area contributed by atoms with Crippen LogP contribution in [0.25, 0.3) is 0 Å². The summed E-state index contributed by atoms with van der Waals surface area (Å²) in [6.07, 6.45) is -54.2. The van der Waals surface area contributed by atoms with Crippen LogP contribution in [-0.4, -0.2) is 326 Å². The zero-order chi connectivity index (χ0) is 49.3. The summed E-state index contributed by atoms with van der Waals surface area (Å²) >= 11 is 0. The minimum Gasteiger partial charge on any atom is -0.394 e. The van der Waals surface area contributed by atoms with E-state index in [1.54, 1.807) is 0 Å². The van der Waals surface area contributed by atoms with Gasteiger partial charge in [-0.25, -0.2) is 0 Å². The molecule has 0 saturated carbocycles. The van der Waals surface area contributed by atoms with E-state index in [-0.39, 0.29) is 0 Å². The highest BCUT2D eigenvalue weighted by atomic mass is 16.8. The second kappa shape index (κ2) is 23.5. The number of rotatable bonds is 16. The van der Waals surface area contributed by atoms with Gasteiger partial charge in [0.1, 0.15) is 146 Å². The van der Waals surface area contributed by atoms with E-state index < -0.39 is 224 Å². The van der Waals surface area contributed by atoms with Crippen LogP contribution in [0.5, 0.6) is 0 Å². The van der Waals surface area contributed by atoms with Gasteiger partial charge in [-0.2, -0.15) is 0 Å². The molecule has 30 atom stereocenters. The third-order valence-corrected chi connectivity index (χ3v) is 12.3. The first kappa shape index (κ1) is 55.1. The minimum absolute atomic E-state index is 0.692. The van der Waals surface area contributed by atoms with Crippen molar-refractivity contribution >= 4 is 0 Å². The average molecular weight is 991 g/mol. The molecule has 6 heterocycles. The van der Waals surface area contributed by atoms with Crippen molar-refractivity contribution in [2.45, 2.75) is 184 Å². The van der Waals surface area contributed by atoms with Gasteiger partial charge in [0.05, 0.1) is 39.6 Å². The molecule has 6 aliphatic heterocycles. The summed E-state index contributed by atoms with van der Waals surface area (Å²) in [7, 11) is 0. The van der Waals surface area contributed by atoms with Gasteiger partial charge in [-0.3, -0.25) is 0 Å². The Bertz CT molecular complexity index is 1510. The summed E-state index contributed by atoms with van der Waals surface area (Å²) in [5, 5.41) is 206. The van der Waals surface area contributed by atoms with Crippen LogP contribution in [0.3, 0.4) is 0 Å². The monoisotopic (exact) mass is 990 g/mol. The Morgan fingerprint density at radius 1 is 0.224 bits per heavy atom. The molecule has 6 saturated heterocycles. The fourth-order valence-electron chi connectivity index (χ4n) is 7.99. The standard InChI is InChI=1S/C36H62O31/c37-1-7-13(38)20(45)26(51)32(63-7)58-3-9-15(40)22(47)28(53)34(65-9)60-5-11-17(42)24(49)30(55)36(67-11)61-6-12-18(43)23(48)29(54)35(66-12)59-4-10-16(41)21(46)27(52)33(64-10)57-2-8-14(39)19(44)25(50)31(56)62-8/h7-56H,1-6H2/t7-,8-,9-,10-,11-,12-,13+,14+,15+,16+,17+,18+,19+,20+,21+,22+,23+,24+,25-,26-,27-,28-,29-,30-,31-,32-,33-,34-,35-,36-/m1/s1. The van der Waals surface area contributed by atoms with Gasteiger partial charge < -0.3 is 154 Å². The van der Waals surface area contributed by atoms with Crippen molar-refractivity contribution < 1.29 is 154 Å². The molecular formula is C36H62O31. The van der Waals surface area contributed by atoms with Crippen LogP contribution in [0, 0.1) is 0 Å². The number of hydrogen-bond donors (Lipinski definition) is 20. The fraction of sp³-hybridized carbons (Fsp3) is 1.00. The molecule has 0 spiro atoms. The molecule has 20 N–H and O–H groups in total. The normalized spacial score (nSPS) is 53.4. The largest absolute Gasteiger partial charge is 0.394 e. The molecule has 0 aromatic carbocycles. The highest BCUT2D eigenvalue weighted by Crippen LogP contribution is 2.31. The van der Waals surface area contributed by atoms with Crippen LogP contribution in [0.1, 0.15) is 0 Å². The summed E-state index contributed by atoms with van der Waals surface area (Å²) in [5.41, 5.74) is 0. The lowest BCUT2D eigenvalue weighted by Crippen LogP contribution is -2.63. The third kappa shape index (κ3) is 12.0. The Balaban J connectivity index is 1.01. The van der Waals surface area contributed by atoms with Crippen LogP contribution >= 0.6 is 0 Å². The summed E-state index contributed by atoms with van der Waals surface area (Å²) in [6.45, 7) is -4.51. The number of ether oxygens (including phenoxy) is 11. The highest BCUT2D eigenvalue weighted by Gasteiger charge is 2.52. The zero-order valence-corrected chi connectivity index (χ0v) is 35.0. The predicted molar refractivity (Wildman–Crippen MR) is 199 cm³/mol. The molecule has 0 aromatic heterocycles. The van der Waals surface area contributed by atoms with Crippen molar-refractivity contribution in [1.82, 2.24) is 0 Å². The molecule has 6 rings (SSSR count). The Morgan fingerprint density at radius 3 is 0.657 bits per heavy atom. The van der Waals surface area contributed by atoms with Gasteiger partial charge in [0.2, 0.25) is 0 Å². The SMILES string of the molecule is OC[C@H]1O[C@@H](OC[C@H]2O[C@@H](OC[C@H]3O[C@@H](OC[C@H]4O[C@@H](OC[C@H]5O[C@@H](OC[C@H]6O[C@@H](O)[C@H](O)[C@@H](O)[C@H]6O)[C@H](O)[C@@H](O)[C@H]5O)[C@H](O)[C@@H](O)[C@H]4O)[C@H](O)[C@@H](O)[C@H]3O)[C@H](O)[C@@H](O)[C@H]2O)[C@H](O)[C@@H](O)[C@H]1O. The van der Waals surface area contributed by atoms with Crippen molar-refractivity contribution in [1.29, 1.82) is 0 Å². The first-order valence-electron chi connectivity index (χ1n) is 21.1. The molecule has 6 aliphatic rings. The van der Waals surface area contributed by atoms with E-state index in [9.17, 15) is 102 Å². The molecule has 0 amide bonds. The van der Waals surface area contributed by atoms with Crippen LogP contribution in [0.4, 0.5) is 0 Å². The lowest BCUT2D eigenvalue weighted by molar-refractivity contribution is -0.352. The van der Waals surface area contributed by atoms with Crippen LogP contribution in [0.15, 0.2) is 0 Å². The van der Waals surface area contributed by atoms with Gasteiger partial charge in [0.15, 0.2) is 37.7 Å². The summed E-state index contributed by atoms with van der Waals surface area (Å²) in [6, 6.07) is 0. The van der Waals surface area contributed by atoms with E-state index in [1.807, 2.05) is 0 Å². The Hall–Kier alpha value is -1.24. The van der Waals surface area contributed by atoms with Gasteiger partial charge in [-0.1, -0.05) is 0 Å². The number of aliphatic hydroxyl groups is 20. The predicted octanol–water partition coefficient (Wildman–Crippen LogP) is -14.1. The minimum atomic E-state index is -2.01. The Morgan fingerprint density at radius 2 is 0.418 bits per heavy atom. The van der Waals surface area contributed by atoms with E-state index in [0.29, 0.717) is 0 Å². The first-order chi connectivity index (χ1) is 31.6. The van der Waals surface area contributed by atoms with E-state index in [4.69, 9.17) is 52.1 Å². The lowest BCUT2D eigenvalue weighted by atomic mass is 9.97. The molecule has 31 nitrogen and oxygen atoms in total. The van der Waals surface area contributed by atoms with Gasteiger partial charge >= 0.3 is 0 Å². The van der Waals surface area contributed by atoms with Gasteiger partial charge in [-0.15, -0.1) is 0 Å². The van der Waals surface area contributed by atoms with E-state index in [0.717, 1.165) is 0 Å². The molecular weight excluding hydrogens is 928 g/mol. The number of aliphatic hydroxyl groups excluding tert-OH is 20. The van der Waals surface area contributed by atoms with Crippen molar-refractivity contribution in [3.63, 3.8) is 0 Å². The average Bonchev–Trinajstić information content (AvgIpc) is 3.31. The van der Waals surface area contributed by atoms with Crippen molar-refractivity contribution in [3.8, 4) is 0 Å². The number of hydrogen-bond acceptors (Lipinski definition) is 31. The van der Waals surface area contributed by atoms with Crippen LogP contribution < -0.4 is 0 Å². The topological polar surface area (TPSA) is 506 Å². The third-order valence-electron chi connectivity index (χ3n) is 12.3. The van der Waals surface area contributed by atoms with Crippen LogP contribution in [0.2, 0.25) is 0 Å². The molecule has 6 fully saturated rings. The van der Waals surface area contributed by atoms with Gasteiger partial charge in [0, 0.05) is 0 Å². The van der Waals surface area contributed by atoms with E-state index in [2.05, 4.69) is 0 Å². The maximum absolute atomic E-state index is 10.7. The van der Waals surface area contributed by atoms with Gasteiger partial charge in [0.25, 0.3) is 0 Å². The molecule has 0 aliphatic carbocycles. The summed E-state index contributed by atoms with van der Waals surface area (Å²) in [4.78, 5) is 0. The fourth-order valence-corrected chi connectivity index (χ4v) is 7.99. The first-order valence-corrected chi connectivity index (χ1v) is 21.1.